The number of esters is 1. The molecule has 0 unspecified atom stereocenters. The molecule has 0 fully saturated rings. The number of hydrazone groups is 1. The molecule has 0 radical (unpaired) electrons. The zero-order valence-corrected chi connectivity index (χ0v) is 29.1. The van der Waals surface area contributed by atoms with E-state index in [-0.39, 0.29) is 31.1 Å². The second kappa shape index (κ2) is 16.9. The smallest absolute Gasteiger partial charge is 0.338 e. The van der Waals surface area contributed by atoms with Crippen molar-refractivity contribution >= 4 is 58.3 Å². The molecule has 1 atom stereocenters. The van der Waals surface area contributed by atoms with Crippen LogP contribution in [0, 0.1) is 3.57 Å². The number of amides is 3. The highest BCUT2D eigenvalue weighted by atomic mass is 127. The second-order valence-corrected chi connectivity index (χ2v) is 11.5. The van der Waals surface area contributed by atoms with Crippen LogP contribution in [-0.2, 0) is 20.9 Å². The van der Waals surface area contributed by atoms with E-state index < -0.39 is 23.9 Å². The van der Waals surface area contributed by atoms with E-state index in [1.807, 2.05) is 31.2 Å². The summed E-state index contributed by atoms with van der Waals surface area (Å²) >= 11 is 8.42. The summed E-state index contributed by atoms with van der Waals surface area (Å²) in [6.07, 6.45) is 1.49. The minimum atomic E-state index is -0.780. The van der Waals surface area contributed by atoms with Gasteiger partial charge in [-0.05, 0) is 84.8 Å². The summed E-state index contributed by atoms with van der Waals surface area (Å²) in [5, 5.41) is 10.0. The first-order valence-corrected chi connectivity index (χ1v) is 16.0. The zero-order chi connectivity index (χ0) is 33.9. The number of hydrogen-bond acceptors (Lipinski definition) is 9. The van der Waals surface area contributed by atoms with Gasteiger partial charge in [0.15, 0.2) is 29.6 Å². The standard InChI is InChI=1S/C33H34ClIN4O8/c1-5-44-27-14-20(13-24(35)31(27)47-17-22-9-7-8-10-23(22)34)16-36-39-28(40)18-46-25-12-11-21(15-26(25)43-4)30-29(32(41)45-6-2)19(3)37-33(42)38-30/h7-16,30H,5-6,17-18H2,1-4H3,(H,39,40)(H2,37,38,42)/b36-16+/t30-/m0/s1. The van der Waals surface area contributed by atoms with Gasteiger partial charge in [-0.25, -0.2) is 15.0 Å². The van der Waals surface area contributed by atoms with Crippen molar-refractivity contribution in [2.24, 2.45) is 5.10 Å². The summed E-state index contributed by atoms with van der Waals surface area (Å²) in [7, 11) is 1.44. The van der Waals surface area contributed by atoms with E-state index in [1.54, 1.807) is 44.2 Å². The van der Waals surface area contributed by atoms with Crippen LogP contribution in [0.5, 0.6) is 23.0 Å². The largest absolute Gasteiger partial charge is 0.493 e. The molecule has 14 heteroatoms. The molecule has 1 aliphatic heterocycles. The van der Waals surface area contributed by atoms with E-state index in [0.29, 0.717) is 45.7 Å². The molecule has 3 N–H and O–H groups in total. The topological polar surface area (TPSA) is 146 Å². The summed E-state index contributed by atoms with van der Waals surface area (Å²) in [6.45, 7) is 5.71. The fourth-order valence-electron chi connectivity index (χ4n) is 4.59. The van der Waals surface area contributed by atoms with Gasteiger partial charge in [0.2, 0.25) is 0 Å². The van der Waals surface area contributed by atoms with Crippen LogP contribution in [-0.4, -0.2) is 51.1 Å². The number of allylic oxidation sites excluding steroid dienone is 1. The number of urea groups is 1. The van der Waals surface area contributed by atoms with Gasteiger partial charge in [-0.3, -0.25) is 4.79 Å². The van der Waals surface area contributed by atoms with Crippen molar-refractivity contribution in [2.45, 2.75) is 33.4 Å². The predicted octanol–water partition coefficient (Wildman–Crippen LogP) is 5.65. The summed E-state index contributed by atoms with van der Waals surface area (Å²) in [5.41, 5.74) is 5.18. The summed E-state index contributed by atoms with van der Waals surface area (Å²) in [5.74, 6) is 0.607. The Morgan fingerprint density at radius 1 is 1.02 bits per heavy atom. The third kappa shape index (κ3) is 9.29. The lowest BCUT2D eigenvalue weighted by Gasteiger charge is -2.28. The highest BCUT2D eigenvalue weighted by molar-refractivity contribution is 14.1. The van der Waals surface area contributed by atoms with Crippen molar-refractivity contribution in [1.82, 2.24) is 16.1 Å². The van der Waals surface area contributed by atoms with Gasteiger partial charge in [-0.1, -0.05) is 35.9 Å². The highest BCUT2D eigenvalue weighted by Gasteiger charge is 2.32. The average Bonchev–Trinajstić information content (AvgIpc) is 3.04. The normalized spacial score (nSPS) is 14.3. The number of nitrogens with zero attached hydrogens (tertiary/aromatic N) is 1. The first-order chi connectivity index (χ1) is 22.6. The molecule has 1 aliphatic rings. The Bertz CT molecular complexity index is 1700. The van der Waals surface area contributed by atoms with Crippen LogP contribution < -0.4 is 35.0 Å². The average molecular weight is 777 g/mol. The minimum Gasteiger partial charge on any atom is -0.493 e. The van der Waals surface area contributed by atoms with Crippen LogP contribution in [0.3, 0.4) is 0 Å². The van der Waals surface area contributed by atoms with Crippen LogP contribution >= 0.6 is 34.2 Å². The molecule has 0 aliphatic carbocycles. The Kier molecular flexibility index (Phi) is 12.7. The lowest BCUT2D eigenvalue weighted by atomic mass is 9.95. The van der Waals surface area contributed by atoms with Gasteiger partial charge in [-0.2, -0.15) is 5.10 Å². The minimum absolute atomic E-state index is 0.179. The molecule has 248 valence electrons. The lowest BCUT2D eigenvalue weighted by Crippen LogP contribution is -2.45. The molecule has 3 amide bonds. The first-order valence-electron chi connectivity index (χ1n) is 14.6. The Morgan fingerprint density at radius 2 is 1.81 bits per heavy atom. The van der Waals surface area contributed by atoms with Crippen molar-refractivity contribution < 1.29 is 38.1 Å². The number of carbonyl (C=O) groups excluding carboxylic acids is 3. The van der Waals surface area contributed by atoms with Crippen molar-refractivity contribution in [3.05, 3.63) is 91.2 Å². The van der Waals surface area contributed by atoms with Gasteiger partial charge < -0.3 is 34.3 Å². The first kappa shape index (κ1) is 35.4. The fraction of sp³-hybridized carbons (Fsp3) is 0.273. The molecule has 3 aromatic carbocycles. The number of hydrogen-bond donors (Lipinski definition) is 3. The Balaban J connectivity index is 1.39. The van der Waals surface area contributed by atoms with Gasteiger partial charge in [0.05, 0.1) is 41.7 Å². The van der Waals surface area contributed by atoms with Crippen LogP contribution in [0.1, 0.15) is 43.5 Å². The highest BCUT2D eigenvalue weighted by Crippen LogP contribution is 2.36. The Labute approximate surface area is 290 Å². The maximum absolute atomic E-state index is 12.6. The molecule has 0 bridgehead atoms. The van der Waals surface area contributed by atoms with Crippen LogP contribution in [0.2, 0.25) is 5.02 Å². The summed E-state index contributed by atoms with van der Waals surface area (Å²) in [6, 6.07) is 14.7. The van der Waals surface area contributed by atoms with Crippen LogP contribution in [0.25, 0.3) is 0 Å². The van der Waals surface area contributed by atoms with Gasteiger partial charge in [-0.15, -0.1) is 0 Å². The molecule has 0 aromatic heterocycles. The molecule has 47 heavy (non-hydrogen) atoms. The number of rotatable bonds is 14. The molecule has 0 spiro atoms. The number of ether oxygens (including phenoxy) is 5. The van der Waals surface area contributed by atoms with Crippen molar-refractivity contribution in [1.29, 1.82) is 0 Å². The monoisotopic (exact) mass is 776 g/mol. The Morgan fingerprint density at radius 3 is 2.53 bits per heavy atom. The van der Waals surface area contributed by atoms with E-state index in [9.17, 15) is 14.4 Å². The molecule has 3 aromatic rings. The van der Waals surface area contributed by atoms with E-state index in [0.717, 1.165) is 9.13 Å². The molecule has 1 heterocycles. The number of carbonyl (C=O) groups is 3. The lowest BCUT2D eigenvalue weighted by molar-refractivity contribution is -0.139. The number of nitrogens with one attached hydrogen (secondary N) is 3. The van der Waals surface area contributed by atoms with Crippen molar-refractivity contribution in [3.8, 4) is 23.0 Å². The third-order valence-corrected chi connectivity index (χ3v) is 7.88. The fourth-order valence-corrected chi connectivity index (χ4v) is 5.56. The maximum Gasteiger partial charge on any atom is 0.338 e. The molecular weight excluding hydrogens is 743 g/mol. The van der Waals surface area contributed by atoms with Crippen LogP contribution in [0.4, 0.5) is 4.79 Å². The summed E-state index contributed by atoms with van der Waals surface area (Å²) < 4.78 is 29.0. The number of methoxy groups -OCH3 is 1. The number of halogens is 2. The van der Waals surface area contributed by atoms with Gasteiger partial charge in [0.25, 0.3) is 5.91 Å². The molecule has 12 nitrogen and oxygen atoms in total. The van der Waals surface area contributed by atoms with E-state index in [1.165, 1.54) is 13.3 Å². The van der Waals surface area contributed by atoms with Crippen LogP contribution in [0.15, 0.2) is 71.0 Å². The van der Waals surface area contributed by atoms with Gasteiger partial charge in [0, 0.05) is 16.3 Å². The SMILES string of the molecule is CCOC(=O)C1=C(C)NC(=O)N[C@H]1c1ccc(OCC(=O)N/N=C/c2cc(I)c(OCc3ccccc3Cl)c(OCC)c2)c(OC)c1. The quantitative estimate of drug-likeness (QED) is 0.0825. The predicted molar refractivity (Wildman–Crippen MR) is 184 cm³/mol. The third-order valence-electron chi connectivity index (χ3n) is 6.71. The maximum atomic E-state index is 12.6. The zero-order valence-electron chi connectivity index (χ0n) is 26.1. The molecular formula is C33H34ClIN4O8. The molecule has 0 saturated carbocycles. The summed E-state index contributed by atoms with van der Waals surface area (Å²) in [4.78, 5) is 37.4. The second-order valence-electron chi connectivity index (χ2n) is 9.93. The number of benzene rings is 3. The van der Waals surface area contributed by atoms with Crippen molar-refractivity contribution in [3.63, 3.8) is 0 Å². The van der Waals surface area contributed by atoms with E-state index in [2.05, 4.69) is 43.8 Å². The van der Waals surface area contributed by atoms with E-state index >= 15 is 0 Å². The Hall–Kier alpha value is -4.50. The van der Waals surface area contributed by atoms with Gasteiger partial charge >= 0.3 is 12.0 Å². The van der Waals surface area contributed by atoms with Crippen molar-refractivity contribution in [2.75, 3.05) is 26.9 Å². The van der Waals surface area contributed by atoms with E-state index in [4.69, 9.17) is 35.3 Å². The molecule has 0 saturated heterocycles. The molecule has 4 rings (SSSR count). The van der Waals surface area contributed by atoms with Gasteiger partial charge in [0.1, 0.15) is 6.61 Å².